The van der Waals surface area contributed by atoms with Gasteiger partial charge < -0.3 is 10.6 Å². The molecule has 0 aromatic heterocycles. The number of nitrogens with zero attached hydrogens (tertiary/aromatic N) is 2. The second-order valence-corrected chi connectivity index (χ2v) is 9.87. The molecule has 0 radical (unpaired) electrons. The number of hydrogen-bond donors (Lipinski definition) is 1. The maximum atomic E-state index is 14.0. The standard InChI is InChI=1S/C26H32F6N3O/c1-34(2)10-6-11-35(12-9-22(33)17-23(35)13-18-7-4-3-5-8-18)24(36)19-14-20(25(27,28)29)16-21(15-19)26(30,31)32/h3-5,7-8,14-16,22-23H,6,9-13,17,33H2,1-2H3/q+1/t22-,23+,35?/m0/s1. The van der Waals surface area contributed by atoms with E-state index in [1.54, 1.807) is 0 Å². The van der Waals surface area contributed by atoms with E-state index >= 15 is 0 Å². The topological polar surface area (TPSA) is 46.3 Å². The molecule has 0 saturated carbocycles. The van der Waals surface area contributed by atoms with E-state index in [1.165, 1.54) is 0 Å². The second kappa shape index (κ2) is 10.9. The average Bonchev–Trinajstić information content (AvgIpc) is 2.79. The maximum Gasteiger partial charge on any atom is 0.416 e. The van der Waals surface area contributed by atoms with Gasteiger partial charge in [-0.1, -0.05) is 30.3 Å². The number of piperidine rings is 1. The van der Waals surface area contributed by atoms with Gasteiger partial charge in [0.25, 0.3) is 0 Å². The Hall–Kier alpha value is -2.43. The Kier molecular flexibility index (Phi) is 8.52. The van der Waals surface area contributed by atoms with Crippen molar-refractivity contribution in [3.05, 3.63) is 70.8 Å². The van der Waals surface area contributed by atoms with Crippen molar-refractivity contribution in [2.75, 3.05) is 33.7 Å². The number of nitrogens with two attached hydrogens (primary N) is 1. The van der Waals surface area contributed by atoms with Crippen molar-refractivity contribution in [3.63, 3.8) is 0 Å². The molecule has 0 spiro atoms. The number of carbonyl (C=O) groups excluding carboxylic acids is 1. The third-order valence-electron chi connectivity index (χ3n) is 6.89. The van der Waals surface area contributed by atoms with Crippen molar-refractivity contribution in [1.82, 2.24) is 4.90 Å². The Bertz CT molecular complexity index is 1010. The maximum absolute atomic E-state index is 14.0. The molecule has 3 atom stereocenters. The van der Waals surface area contributed by atoms with Gasteiger partial charge in [-0.25, -0.2) is 4.79 Å². The molecule has 198 valence electrons. The zero-order valence-corrected chi connectivity index (χ0v) is 20.4. The van der Waals surface area contributed by atoms with E-state index in [0.717, 1.165) is 5.56 Å². The van der Waals surface area contributed by atoms with Crippen LogP contribution in [-0.4, -0.2) is 61.1 Å². The number of carbonyl (C=O) groups is 1. The van der Waals surface area contributed by atoms with Crippen LogP contribution < -0.4 is 5.73 Å². The fraction of sp³-hybridized carbons (Fsp3) is 0.500. The lowest BCUT2D eigenvalue weighted by molar-refractivity contribution is -0.880. The SMILES string of the molecule is CN(C)CCC[N+]1(C(=O)c2cc(C(F)(F)F)cc(C(F)(F)F)c2)CC[C@H](N)C[C@H]1Cc1ccccc1. The minimum atomic E-state index is -5.03. The number of benzene rings is 2. The monoisotopic (exact) mass is 516 g/mol. The van der Waals surface area contributed by atoms with Crippen LogP contribution in [-0.2, 0) is 18.8 Å². The number of hydrogen-bond acceptors (Lipinski definition) is 3. The van der Waals surface area contributed by atoms with Gasteiger partial charge in [-0.05, 0) is 37.9 Å². The highest BCUT2D eigenvalue weighted by molar-refractivity contribution is 5.90. The smallest absolute Gasteiger partial charge is 0.327 e. The summed E-state index contributed by atoms with van der Waals surface area (Å²) >= 11 is 0. The second-order valence-electron chi connectivity index (χ2n) is 9.87. The van der Waals surface area contributed by atoms with Crippen LogP contribution in [0.5, 0.6) is 0 Å². The van der Waals surface area contributed by atoms with Gasteiger partial charge in [0.2, 0.25) is 0 Å². The summed E-state index contributed by atoms with van der Waals surface area (Å²) in [6, 6.07) is 9.91. The quantitative estimate of drug-likeness (QED) is 0.398. The molecule has 1 fully saturated rings. The number of halogens is 6. The molecule has 0 bridgehead atoms. The van der Waals surface area contributed by atoms with E-state index in [2.05, 4.69) is 0 Å². The lowest BCUT2D eigenvalue weighted by atomic mass is 9.88. The van der Waals surface area contributed by atoms with Crippen molar-refractivity contribution in [3.8, 4) is 0 Å². The molecule has 0 aliphatic carbocycles. The predicted octanol–water partition coefficient (Wildman–Crippen LogP) is 5.37. The third-order valence-corrected chi connectivity index (χ3v) is 6.89. The molecule has 1 heterocycles. The molecule has 1 aliphatic rings. The Morgan fingerprint density at radius 3 is 2.11 bits per heavy atom. The molecular formula is C26H32F6N3O+. The zero-order chi connectivity index (χ0) is 26.7. The molecule has 1 amide bonds. The van der Waals surface area contributed by atoms with Crippen LogP contribution in [0, 0.1) is 0 Å². The molecule has 2 N–H and O–H groups in total. The minimum Gasteiger partial charge on any atom is -0.327 e. The van der Waals surface area contributed by atoms with Crippen molar-refractivity contribution >= 4 is 5.91 Å². The van der Waals surface area contributed by atoms with Crippen LogP contribution in [0.4, 0.5) is 26.3 Å². The van der Waals surface area contributed by atoms with Crippen molar-refractivity contribution < 1.29 is 35.6 Å². The van der Waals surface area contributed by atoms with Gasteiger partial charge in [0, 0.05) is 38.3 Å². The van der Waals surface area contributed by atoms with E-state index in [0.29, 0.717) is 50.9 Å². The molecule has 1 unspecified atom stereocenters. The summed E-state index contributed by atoms with van der Waals surface area (Å²) in [5, 5.41) is 0. The Morgan fingerprint density at radius 1 is 1.00 bits per heavy atom. The average molecular weight is 517 g/mol. The summed E-state index contributed by atoms with van der Waals surface area (Å²) < 4.78 is 81.0. The molecule has 2 aromatic rings. The third kappa shape index (κ3) is 6.66. The molecule has 10 heteroatoms. The van der Waals surface area contributed by atoms with Crippen molar-refractivity contribution in [1.29, 1.82) is 0 Å². The van der Waals surface area contributed by atoms with Crippen LogP contribution in [0.2, 0.25) is 0 Å². The van der Waals surface area contributed by atoms with Crippen LogP contribution in [0.3, 0.4) is 0 Å². The summed E-state index contributed by atoms with van der Waals surface area (Å²) in [7, 11) is 3.73. The number of rotatable bonds is 7. The molecule has 36 heavy (non-hydrogen) atoms. The number of amides is 1. The molecule has 4 nitrogen and oxygen atoms in total. The normalized spacial score (nSPS) is 23.2. The van der Waals surface area contributed by atoms with Crippen LogP contribution >= 0.6 is 0 Å². The Labute approximate surface area is 207 Å². The predicted molar refractivity (Wildman–Crippen MR) is 125 cm³/mol. The Morgan fingerprint density at radius 2 is 1.58 bits per heavy atom. The van der Waals surface area contributed by atoms with Gasteiger partial charge in [0.1, 0.15) is 6.04 Å². The summed E-state index contributed by atoms with van der Waals surface area (Å²) in [6.45, 7) is 1.16. The lowest BCUT2D eigenvalue weighted by Gasteiger charge is -2.47. The van der Waals surface area contributed by atoms with Crippen LogP contribution in [0.1, 0.15) is 46.3 Å². The van der Waals surface area contributed by atoms with Gasteiger partial charge in [0.15, 0.2) is 0 Å². The first-order valence-corrected chi connectivity index (χ1v) is 11.9. The highest BCUT2D eigenvalue weighted by Crippen LogP contribution is 2.38. The first kappa shape index (κ1) is 28.1. The van der Waals surface area contributed by atoms with Gasteiger partial charge in [-0.2, -0.15) is 26.3 Å². The van der Waals surface area contributed by atoms with E-state index < -0.39 is 35.0 Å². The fourth-order valence-electron chi connectivity index (χ4n) is 5.06. The van der Waals surface area contributed by atoms with Crippen molar-refractivity contribution in [2.45, 2.75) is 50.1 Å². The van der Waals surface area contributed by atoms with Gasteiger partial charge >= 0.3 is 18.3 Å². The molecule has 3 rings (SSSR count). The zero-order valence-electron chi connectivity index (χ0n) is 20.4. The lowest BCUT2D eigenvalue weighted by Crippen LogP contribution is -2.65. The first-order valence-electron chi connectivity index (χ1n) is 11.9. The molecule has 1 aliphatic heterocycles. The highest BCUT2D eigenvalue weighted by atomic mass is 19.4. The van der Waals surface area contributed by atoms with E-state index in [-0.39, 0.29) is 29.2 Å². The first-order chi connectivity index (χ1) is 16.7. The summed E-state index contributed by atoms with van der Waals surface area (Å²) in [5.74, 6) is -0.724. The van der Waals surface area contributed by atoms with E-state index in [4.69, 9.17) is 5.73 Å². The summed E-state index contributed by atoms with van der Waals surface area (Å²) in [6.07, 6.45) is -8.19. The molecular weight excluding hydrogens is 484 g/mol. The van der Waals surface area contributed by atoms with Gasteiger partial charge in [0.05, 0.1) is 29.8 Å². The van der Waals surface area contributed by atoms with Crippen LogP contribution in [0.15, 0.2) is 48.5 Å². The Balaban J connectivity index is 2.12. The summed E-state index contributed by atoms with van der Waals surface area (Å²) in [5.41, 5.74) is 3.64. The largest absolute Gasteiger partial charge is 0.416 e. The number of quaternary nitrogens is 1. The minimum absolute atomic E-state index is 0.0563. The van der Waals surface area contributed by atoms with E-state index in [1.807, 2.05) is 49.3 Å². The van der Waals surface area contributed by atoms with Crippen molar-refractivity contribution in [2.24, 2.45) is 5.73 Å². The van der Waals surface area contributed by atoms with Crippen LogP contribution in [0.25, 0.3) is 0 Å². The van der Waals surface area contributed by atoms with Gasteiger partial charge in [-0.3, -0.25) is 4.48 Å². The van der Waals surface area contributed by atoms with E-state index in [9.17, 15) is 31.1 Å². The summed E-state index contributed by atoms with van der Waals surface area (Å²) in [4.78, 5) is 16.0. The van der Waals surface area contributed by atoms with Gasteiger partial charge in [-0.15, -0.1) is 0 Å². The highest BCUT2D eigenvalue weighted by Gasteiger charge is 2.49. The fourth-order valence-corrected chi connectivity index (χ4v) is 5.06. The molecule has 2 aromatic carbocycles. The number of alkyl halides is 6. The molecule has 1 saturated heterocycles. The number of likely N-dealkylation sites (tertiary alicyclic amines) is 1.